The number of anilines is 3. The third kappa shape index (κ3) is 4.13. The standard InChI is InChI=1S/C40H27NO/c1-3-10-28(11-4-1)29-18-23-33(24-19-29)41(32-13-5-2-6-14-32)34-25-20-30(21-26-34)35-16-9-12-31-22-27-38-40(39(31)35)36-15-7-8-17-37(36)42-38/h1-27H/i2D,5D,6D,13D,14D. The molecule has 2 heteroatoms. The van der Waals surface area contributed by atoms with Gasteiger partial charge in [-0.2, -0.15) is 0 Å². The fraction of sp³-hybridized carbons (Fsp3) is 0. The monoisotopic (exact) mass is 542 g/mol. The van der Waals surface area contributed by atoms with Gasteiger partial charge in [0.15, 0.2) is 0 Å². The average molecular weight is 543 g/mol. The molecule has 0 aliphatic carbocycles. The van der Waals surface area contributed by atoms with E-state index in [1.165, 1.54) is 0 Å². The van der Waals surface area contributed by atoms with Crippen LogP contribution in [-0.4, -0.2) is 0 Å². The Morgan fingerprint density at radius 2 is 1.12 bits per heavy atom. The first-order chi connectivity index (χ1) is 22.9. The van der Waals surface area contributed by atoms with E-state index in [4.69, 9.17) is 11.3 Å². The Balaban J connectivity index is 1.30. The van der Waals surface area contributed by atoms with E-state index in [2.05, 4.69) is 24.3 Å². The van der Waals surface area contributed by atoms with E-state index in [-0.39, 0.29) is 29.9 Å². The molecule has 7 aromatic carbocycles. The second kappa shape index (κ2) is 10.1. The van der Waals surface area contributed by atoms with Crippen molar-refractivity contribution in [1.82, 2.24) is 0 Å². The highest BCUT2D eigenvalue weighted by Crippen LogP contribution is 2.41. The van der Waals surface area contributed by atoms with Crippen LogP contribution in [0.15, 0.2) is 168 Å². The van der Waals surface area contributed by atoms with Crippen LogP contribution in [0.2, 0.25) is 0 Å². The molecule has 0 aliphatic rings. The predicted molar refractivity (Wildman–Crippen MR) is 177 cm³/mol. The van der Waals surface area contributed by atoms with Gasteiger partial charge in [-0.3, -0.25) is 0 Å². The SMILES string of the molecule is [2H]c1c([2H])c([2H])c(N(c2ccc(-c3ccccc3)cc2)c2ccc(-c3cccc4ccc5oc6ccccc6c5c34)cc2)c([2H])c1[2H]. The summed E-state index contributed by atoms with van der Waals surface area (Å²) in [6, 6.07) is 42.4. The van der Waals surface area contributed by atoms with Crippen molar-refractivity contribution in [1.29, 1.82) is 0 Å². The molecule has 0 atom stereocenters. The maximum absolute atomic E-state index is 8.81. The maximum atomic E-state index is 8.81. The number of hydrogen-bond donors (Lipinski definition) is 0. The number of nitrogens with zero attached hydrogens (tertiary/aromatic N) is 1. The van der Waals surface area contributed by atoms with Crippen LogP contribution in [0.1, 0.15) is 6.85 Å². The summed E-state index contributed by atoms with van der Waals surface area (Å²) in [5, 5.41) is 4.33. The fourth-order valence-corrected chi connectivity index (χ4v) is 5.82. The molecule has 1 aromatic heterocycles. The second-order valence-electron chi connectivity index (χ2n) is 10.2. The molecule has 0 saturated carbocycles. The number of fused-ring (bicyclic) bond motifs is 5. The second-order valence-corrected chi connectivity index (χ2v) is 10.2. The Bertz CT molecular complexity index is 2420. The van der Waals surface area contributed by atoms with Gasteiger partial charge in [0.2, 0.25) is 0 Å². The average Bonchev–Trinajstić information content (AvgIpc) is 3.51. The van der Waals surface area contributed by atoms with Crippen LogP contribution in [0.3, 0.4) is 0 Å². The molecule has 0 bridgehead atoms. The summed E-state index contributed by atoms with van der Waals surface area (Å²) in [6.45, 7) is 0. The van der Waals surface area contributed by atoms with Crippen molar-refractivity contribution < 1.29 is 11.3 Å². The van der Waals surface area contributed by atoms with Crippen LogP contribution in [0.4, 0.5) is 17.1 Å². The normalized spacial score (nSPS) is 13.0. The van der Waals surface area contributed by atoms with Gasteiger partial charge in [0.05, 0.1) is 6.85 Å². The highest BCUT2D eigenvalue weighted by molar-refractivity contribution is 6.22. The minimum Gasteiger partial charge on any atom is -0.456 e. The number of para-hydroxylation sites is 2. The molecule has 0 unspecified atom stereocenters. The molecular formula is C40H27NO. The van der Waals surface area contributed by atoms with Crippen molar-refractivity contribution in [3.8, 4) is 22.3 Å². The molecule has 8 aromatic rings. The van der Waals surface area contributed by atoms with Crippen molar-refractivity contribution >= 4 is 49.8 Å². The summed E-state index contributed by atoms with van der Waals surface area (Å²) in [4.78, 5) is 1.74. The van der Waals surface area contributed by atoms with Crippen molar-refractivity contribution in [2.45, 2.75) is 0 Å². The van der Waals surface area contributed by atoms with Gasteiger partial charge in [0.25, 0.3) is 0 Å². The summed E-state index contributed by atoms with van der Waals surface area (Å²) in [6.07, 6.45) is 0. The van der Waals surface area contributed by atoms with Crippen molar-refractivity contribution in [3.05, 3.63) is 164 Å². The number of hydrogen-bond acceptors (Lipinski definition) is 2. The first-order valence-corrected chi connectivity index (χ1v) is 13.9. The first-order valence-electron chi connectivity index (χ1n) is 16.4. The van der Waals surface area contributed by atoms with Crippen molar-refractivity contribution in [3.63, 3.8) is 0 Å². The smallest absolute Gasteiger partial charge is 0.136 e. The Morgan fingerprint density at radius 3 is 1.88 bits per heavy atom. The molecule has 0 radical (unpaired) electrons. The van der Waals surface area contributed by atoms with Crippen LogP contribution in [-0.2, 0) is 0 Å². The zero-order valence-corrected chi connectivity index (χ0v) is 22.6. The Kier molecular flexibility index (Phi) is 4.68. The molecule has 0 spiro atoms. The lowest BCUT2D eigenvalue weighted by molar-refractivity contribution is 0.669. The molecule has 8 rings (SSSR count). The number of furan rings is 1. The van der Waals surface area contributed by atoms with E-state index < -0.39 is 6.04 Å². The fourth-order valence-electron chi connectivity index (χ4n) is 5.82. The van der Waals surface area contributed by atoms with Gasteiger partial charge in [-0.25, -0.2) is 0 Å². The van der Waals surface area contributed by atoms with Gasteiger partial charge >= 0.3 is 0 Å². The largest absolute Gasteiger partial charge is 0.456 e. The molecule has 2 nitrogen and oxygen atoms in total. The Labute approximate surface area is 251 Å². The third-order valence-corrected chi connectivity index (χ3v) is 7.76. The van der Waals surface area contributed by atoms with E-state index in [0.717, 1.165) is 55.0 Å². The third-order valence-electron chi connectivity index (χ3n) is 7.76. The van der Waals surface area contributed by atoms with Crippen LogP contribution in [0.5, 0.6) is 0 Å². The van der Waals surface area contributed by atoms with E-state index in [0.29, 0.717) is 11.4 Å². The summed E-state index contributed by atoms with van der Waals surface area (Å²) in [5.41, 5.74) is 7.21. The summed E-state index contributed by atoms with van der Waals surface area (Å²) < 4.78 is 48.8. The van der Waals surface area contributed by atoms with Crippen LogP contribution >= 0.6 is 0 Å². The van der Waals surface area contributed by atoms with E-state index in [1.54, 1.807) is 4.90 Å². The van der Waals surface area contributed by atoms with E-state index in [1.807, 2.05) is 109 Å². The zero-order chi connectivity index (χ0) is 32.2. The van der Waals surface area contributed by atoms with Gasteiger partial charge < -0.3 is 9.32 Å². The van der Waals surface area contributed by atoms with Gasteiger partial charge in [-0.05, 0) is 76.1 Å². The zero-order valence-electron chi connectivity index (χ0n) is 27.6. The maximum Gasteiger partial charge on any atom is 0.136 e. The van der Waals surface area contributed by atoms with Gasteiger partial charge in [-0.15, -0.1) is 0 Å². The van der Waals surface area contributed by atoms with Gasteiger partial charge in [-0.1, -0.05) is 115 Å². The van der Waals surface area contributed by atoms with Crippen LogP contribution < -0.4 is 4.90 Å². The molecule has 0 aliphatic heterocycles. The summed E-state index contributed by atoms with van der Waals surface area (Å²) in [7, 11) is 0. The molecule has 0 N–H and O–H groups in total. The number of benzene rings is 7. The molecule has 198 valence electrons. The predicted octanol–water partition coefficient (Wildman–Crippen LogP) is 11.5. The quantitative estimate of drug-likeness (QED) is 0.215. The summed E-state index contributed by atoms with van der Waals surface area (Å²) >= 11 is 0. The highest BCUT2D eigenvalue weighted by atomic mass is 16.3. The molecular weight excluding hydrogens is 510 g/mol. The van der Waals surface area contributed by atoms with Crippen LogP contribution in [0, 0.1) is 0 Å². The lowest BCUT2D eigenvalue weighted by Crippen LogP contribution is -2.09. The minimum absolute atomic E-state index is 0.0907. The van der Waals surface area contributed by atoms with Crippen molar-refractivity contribution in [2.75, 3.05) is 4.90 Å². The number of rotatable bonds is 5. The Morgan fingerprint density at radius 1 is 0.452 bits per heavy atom. The molecule has 1 heterocycles. The van der Waals surface area contributed by atoms with E-state index in [9.17, 15) is 0 Å². The van der Waals surface area contributed by atoms with Crippen LogP contribution in [0.25, 0.3) is 55.0 Å². The molecule has 0 fully saturated rings. The van der Waals surface area contributed by atoms with Gasteiger partial charge in [0, 0.05) is 33.2 Å². The van der Waals surface area contributed by atoms with Crippen molar-refractivity contribution in [2.24, 2.45) is 0 Å². The minimum atomic E-state index is -0.424. The Hall–Kier alpha value is -5.60. The molecule has 42 heavy (non-hydrogen) atoms. The topological polar surface area (TPSA) is 16.4 Å². The van der Waals surface area contributed by atoms with E-state index >= 15 is 0 Å². The molecule has 0 amide bonds. The lowest BCUT2D eigenvalue weighted by Gasteiger charge is -2.26. The first kappa shape index (κ1) is 19.5. The molecule has 0 saturated heterocycles. The summed E-state index contributed by atoms with van der Waals surface area (Å²) in [5.74, 6) is 0. The van der Waals surface area contributed by atoms with Gasteiger partial charge in [0.1, 0.15) is 11.2 Å². The highest BCUT2D eigenvalue weighted by Gasteiger charge is 2.16. The lowest BCUT2D eigenvalue weighted by atomic mass is 9.94.